The molecule has 0 spiro atoms. The highest BCUT2D eigenvalue weighted by molar-refractivity contribution is 6.32. The van der Waals surface area contributed by atoms with Crippen LogP contribution in [0, 0.1) is 0 Å². The van der Waals surface area contributed by atoms with Crippen molar-refractivity contribution in [3.63, 3.8) is 0 Å². The molecule has 1 fully saturated rings. The second kappa shape index (κ2) is 7.63. The van der Waals surface area contributed by atoms with Gasteiger partial charge in [0.1, 0.15) is 11.6 Å². The molecule has 25 heavy (non-hydrogen) atoms. The van der Waals surface area contributed by atoms with Crippen molar-refractivity contribution in [1.29, 1.82) is 0 Å². The van der Waals surface area contributed by atoms with Crippen LogP contribution in [0.15, 0.2) is 59.4 Å². The summed E-state index contributed by atoms with van der Waals surface area (Å²) in [5.74, 6) is -1.32. The maximum Gasteiger partial charge on any atom is 0.257 e. The Hall–Kier alpha value is -2.44. The molecule has 5 nitrogen and oxygen atoms in total. The zero-order chi connectivity index (χ0) is 18.6. The number of methoxy groups -OCH3 is 1. The normalized spacial score (nSPS) is 22.0. The van der Waals surface area contributed by atoms with Crippen LogP contribution in [-0.2, 0) is 4.79 Å². The minimum absolute atomic E-state index is 0.0258. The molecule has 1 aliphatic rings. The molecule has 1 aliphatic heterocycles. The van der Waals surface area contributed by atoms with Crippen molar-refractivity contribution < 1.29 is 23.8 Å². The topological polar surface area (TPSA) is 75.6 Å². The van der Waals surface area contributed by atoms with Crippen LogP contribution in [0.1, 0.15) is 16.8 Å². The third-order valence-corrected chi connectivity index (χ3v) is 4.18. The summed E-state index contributed by atoms with van der Waals surface area (Å²) in [6, 6.07) is 6.28. The number of amides is 1. The number of carbonyl (C=O) groups excluding carboxylic acids is 2. The second-order valence-electron chi connectivity index (χ2n) is 5.48. The van der Waals surface area contributed by atoms with Gasteiger partial charge in [0.15, 0.2) is 11.4 Å². The summed E-state index contributed by atoms with van der Waals surface area (Å²) in [4.78, 5) is 24.5. The van der Waals surface area contributed by atoms with Crippen molar-refractivity contribution in [2.75, 3.05) is 13.7 Å². The van der Waals surface area contributed by atoms with Crippen LogP contribution in [0.2, 0.25) is 0 Å². The highest BCUT2D eigenvalue weighted by Crippen LogP contribution is 2.32. The predicted octanol–water partition coefficient (Wildman–Crippen LogP) is 2.66. The Morgan fingerprint density at radius 2 is 2.08 bits per heavy atom. The van der Waals surface area contributed by atoms with E-state index in [-0.39, 0.29) is 17.2 Å². The van der Waals surface area contributed by atoms with Crippen molar-refractivity contribution in [2.45, 2.75) is 12.0 Å². The van der Waals surface area contributed by atoms with E-state index < -0.39 is 29.5 Å². The predicted molar refractivity (Wildman–Crippen MR) is 92.2 cm³/mol. The van der Waals surface area contributed by atoms with Gasteiger partial charge in [-0.1, -0.05) is 18.2 Å². The molecule has 0 radical (unpaired) electrons. The van der Waals surface area contributed by atoms with Gasteiger partial charge in [-0.2, -0.15) is 0 Å². The van der Waals surface area contributed by atoms with Crippen LogP contribution in [0.4, 0.5) is 4.39 Å². The summed E-state index contributed by atoms with van der Waals surface area (Å²) >= 11 is 6.05. The number of hydrogen-bond acceptors (Lipinski definition) is 4. The first-order chi connectivity index (χ1) is 11.8. The maximum absolute atomic E-state index is 12.7. The van der Waals surface area contributed by atoms with Crippen molar-refractivity contribution in [1.82, 2.24) is 5.32 Å². The van der Waals surface area contributed by atoms with Gasteiger partial charge < -0.3 is 15.2 Å². The highest BCUT2D eigenvalue weighted by atomic mass is 35.5. The molecule has 0 aromatic heterocycles. The lowest BCUT2D eigenvalue weighted by atomic mass is 9.88. The molecule has 2 N–H and O–H groups in total. The van der Waals surface area contributed by atoms with Crippen molar-refractivity contribution in [2.24, 2.45) is 0 Å². The number of carbonyl (C=O) groups is 2. The summed E-state index contributed by atoms with van der Waals surface area (Å²) in [5, 5.41) is 13.2. The van der Waals surface area contributed by atoms with E-state index in [4.69, 9.17) is 16.3 Å². The number of hydrogen-bond donors (Lipinski definition) is 2. The first kappa shape index (κ1) is 18.9. The smallest absolute Gasteiger partial charge is 0.257 e. The lowest BCUT2D eigenvalue weighted by Gasteiger charge is -2.21. The van der Waals surface area contributed by atoms with E-state index in [9.17, 15) is 19.1 Å². The Morgan fingerprint density at radius 3 is 2.64 bits per heavy atom. The van der Waals surface area contributed by atoms with Crippen LogP contribution < -0.4 is 10.1 Å². The minimum atomic E-state index is -2.09. The Labute approximate surface area is 149 Å². The largest absolute Gasteiger partial charge is 0.497 e. The first-order valence-corrected chi connectivity index (χ1v) is 7.75. The van der Waals surface area contributed by atoms with Gasteiger partial charge in [-0.3, -0.25) is 9.59 Å². The summed E-state index contributed by atoms with van der Waals surface area (Å²) < 4.78 is 17.8. The summed E-state index contributed by atoms with van der Waals surface area (Å²) in [6.45, 7) is 3.03. The standard InChI is InChI=1S/C18H17ClFNO4/c1-11(20)3-8-15(19)14-10-21-17(23)18(14,24)9-16(22)12-4-6-13(25-2)7-5-12/h3-8,24H,1,9-10H2,2H3,(H,21,23)/b8-3-,15-14-/t18-/m1/s1. The van der Waals surface area contributed by atoms with Crippen LogP contribution in [0.5, 0.6) is 5.75 Å². The highest BCUT2D eigenvalue weighted by Gasteiger charge is 2.47. The lowest BCUT2D eigenvalue weighted by molar-refractivity contribution is -0.132. The number of halogens is 2. The van der Waals surface area contributed by atoms with Gasteiger partial charge in [0.05, 0.1) is 13.5 Å². The first-order valence-electron chi connectivity index (χ1n) is 7.37. The van der Waals surface area contributed by atoms with Gasteiger partial charge in [0, 0.05) is 22.7 Å². The molecular formula is C18H17ClFNO4. The number of allylic oxidation sites excluding steroid dienone is 4. The molecule has 0 aliphatic carbocycles. The zero-order valence-corrected chi connectivity index (χ0v) is 14.3. The Balaban J connectivity index is 2.29. The lowest BCUT2D eigenvalue weighted by Crippen LogP contribution is -2.41. The van der Waals surface area contributed by atoms with Crippen LogP contribution >= 0.6 is 11.6 Å². The number of rotatable bonds is 6. The number of aliphatic hydroxyl groups is 1. The van der Waals surface area contributed by atoms with E-state index >= 15 is 0 Å². The van der Waals surface area contributed by atoms with E-state index in [0.717, 1.165) is 6.08 Å². The third kappa shape index (κ3) is 4.15. The molecule has 132 valence electrons. The number of nitrogens with one attached hydrogen (secondary N) is 1. The van der Waals surface area contributed by atoms with Gasteiger partial charge in [-0.15, -0.1) is 0 Å². The van der Waals surface area contributed by atoms with E-state index in [1.165, 1.54) is 25.3 Å². The maximum atomic E-state index is 12.7. The fourth-order valence-electron chi connectivity index (χ4n) is 2.44. The van der Waals surface area contributed by atoms with Crippen molar-refractivity contribution in [3.05, 3.63) is 65.0 Å². The molecule has 1 aromatic rings. The van der Waals surface area contributed by atoms with E-state index in [2.05, 4.69) is 11.9 Å². The molecule has 1 saturated heterocycles. The fourth-order valence-corrected chi connectivity index (χ4v) is 2.73. The van der Waals surface area contributed by atoms with Gasteiger partial charge in [0.2, 0.25) is 0 Å². The Morgan fingerprint density at radius 1 is 1.44 bits per heavy atom. The molecule has 1 atom stereocenters. The van der Waals surface area contributed by atoms with Crippen LogP contribution in [-0.4, -0.2) is 36.1 Å². The molecule has 0 saturated carbocycles. The second-order valence-corrected chi connectivity index (χ2v) is 5.89. The number of ether oxygens (including phenoxy) is 1. The van der Waals surface area contributed by atoms with Crippen molar-refractivity contribution in [3.8, 4) is 5.75 Å². The number of ketones is 1. The summed E-state index contributed by atoms with van der Waals surface area (Å²) in [5.41, 5.74) is -1.66. The molecule has 7 heteroatoms. The van der Waals surface area contributed by atoms with Gasteiger partial charge in [-0.05, 0) is 36.4 Å². The average Bonchev–Trinajstić information content (AvgIpc) is 2.87. The fraction of sp³-hybridized carbons (Fsp3) is 0.222. The summed E-state index contributed by atoms with van der Waals surface area (Å²) in [6.07, 6.45) is 1.70. The van der Waals surface area contributed by atoms with Gasteiger partial charge in [-0.25, -0.2) is 4.39 Å². The molecule has 0 bridgehead atoms. The van der Waals surface area contributed by atoms with Crippen molar-refractivity contribution >= 4 is 23.3 Å². The molecule has 1 aromatic carbocycles. The van der Waals surface area contributed by atoms with Crippen LogP contribution in [0.3, 0.4) is 0 Å². The van der Waals surface area contributed by atoms with Gasteiger partial charge in [0.25, 0.3) is 5.91 Å². The Bertz CT molecular complexity index is 770. The van der Waals surface area contributed by atoms with Gasteiger partial charge >= 0.3 is 0 Å². The minimum Gasteiger partial charge on any atom is -0.497 e. The van der Waals surface area contributed by atoms with Crippen LogP contribution in [0.25, 0.3) is 0 Å². The Kier molecular flexibility index (Phi) is 5.77. The average molecular weight is 366 g/mol. The SMILES string of the molecule is C=C(F)/C=C\C(Cl)=C1/CNC(=O)[C@@]1(O)CC(=O)c1ccc(OC)cc1. The molecule has 0 unspecified atom stereocenters. The molecule has 1 heterocycles. The summed E-state index contributed by atoms with van der Waals surface area (Å²) in [7, 11) is 1.50. The quantitative estimate of drug-likeness (QED) is 0.600. The number of benzene rings is 1. The van der Waals surface area contributed by atoms with E-state index in [0.29, 0.717) is 11.3 Å². The molecule has 1 amide bonds. The van der Waals surface area contributed by atoms with E-state index in [1.54, 1.807) is 12.1 Å². The molecular weight excluding hydrogens is 349 g/mol. The zero-order valence-electron chi connectivity index (χ0n) is 13.5. The van der Waals surface area contributed by atoms with E-state index in [1.807, 2.05) is 0 Å². The molecule has 2 rings (SSSR count). The number of Topliss-reactive ketones (excluding diaryl/α,β-unsaturated/α-hetero) is 1. The monoisotopic (exact) mass is 365 g/mol. The third-order valence-electron chi connectivity index (χ3n) is 3.83.